The normalized spacial score (nSPS) is 11.1. The monoisotopic (exact) mass is 384 g/mol. The van der Waals surface area contributed by atoms with Gasteiger partial charge in [0.15, 0.2) is 10.8 Å². The third-order valence-corrected chi connectivity index (χ3v) is 5.08. The van der Waals surface area contributed by atoms with Crippen molar-refractivity contribution in [3.05, 3.63) is 59.1 Å². The van der Waals surface area contributed by atoms with Gasteiger partial charge in [0.1, 0.15) is 0 Å². The first-order valence-electron chi connectivity index (χ1n) is 7.82. The van der Waals surface area contributed by atoms with Gasteiger partial charge in [0.2, 0.25) is 5.91 Å². The van der Waals surface area contributed by atoms with E-state index in [-0.39, 0.29) is 11.7 Å². The third-order valence-electron chi connectivity index (χ3n) is 3.78. The molecule has 4 rings (SSSR count). The molecule has 0 fully saturated rings. The molecule has 0 unspecified atom stereocenters. The van der Waals surface area contributed by atoms with Crippen LogP contribution in [0, 0.1) is 0 Å². The lowest BCUT2D eigenvalue weighted by molar-refractivity contribution is -0.118. The van der Waals surface area contributed by atoms with E-state index in [1.54, 1.807) is 10.6 Å². The summed E-state index contributed by atoms with van der Waals surface area (Å²) in [5, 5.41) is 16.7. The van der Waals surface area contributed by atoms with Crippen LogP contribution in [0.3, 0.4) is 0 Å². The molecule has 4 aromatic rings. The van der Waals surface area contributed by atoms with Gasteiger partial charge in [-0.1, -0.05) is 53.7 Å². The Morgan fingerprint density at radius 2 is 1.96 bits per heavy atom. The molecule has 0 aliphatic rings. The molecule has 7 nitrogen and oxygen atoms in total. The van der Waals surface area contributed by atoms with E-state index in [0.29, 0.717) is 22.4 Å². The molecule has 0 aliphatic heterocycles. The molecular formula is C17H13ClN6OS. The van der Waals surface area contributed by atoms with Crippen LogP contribution in [0.4, 0.5) is 0 Å². The zero-order valence-electron chi connectivity index (χ0n) is 13.5. The van der Waals surface area contributed by atoms with E-state index < -0.39 is 0 Å². The lowest BCUT2D eigenvalue weighted by Crippen LogP contribution is -2.24. The van der Waals surface area contributed by atoms with Gasteiger partial charge >= 0.3 is 0 Å². The summed E-state index contributed by atoms with van der Waals surface area (Å²) in [6.07, 6.45) is 0. The number of aromatic nitrogens is 5. The van der Waals surface area contributed by atoms with Crippen molar-refractivity contribution < 1.29 is 4.79 Å². The maximum atomic E-state index is 12.2. The van der Waals surface area contributed by atoms with Crippen LogP contribution >= 0.6 is 23.4 Å². The Morgan fingerprint density at radius 1 is 1.15 bits per heavy atom. The fourth-order valence-corrected chi connectivity index (χ4v) is 3.48. The van der Waals surface area contributed by atoms with Crippen LogP contribution in [0.1, 0.15) is 5.56 Å². The van der Waals surface area contributed by atoms with Crippen molar-refractivity contribution in [1.82, 2.24) is 30.3 Å². The number of carbonyl (C=O) groups excluding carboxylic acids is 1. The Morgan fingerprint density at radius 3 is 2.85 bits per heavy atom. The van der Waals surface area contributed by atoms with Gasteiger partial charge in [0, 0.05) is 17.0 Å². The molecule has 0 saturated carbocycles. The first kappa shape index (κ1) is 16.7. The smallest absolute Gasteiger partial charge is 0.230 e. The number of halogens is 1. The molecule has 2 aromatic carbocycles. The average Bonchev–Trinajstić information content (AvgIpc) is 3.16. The fourth-order valence-electron chi connectivity index (χ4n) is 2.50. The van der Waals surface area contributed by atoms with Crippen molar-refractivity contribution in [2.75, 3.05) is 5.75 Å². The highest BCUT2D eigenvalue weighted by molar-refractivity contribution is 7.99. The maximum absolute atomic E-state index is 12.2. The molecule has 0 saturated heterocycles. The second-order valence-corrected chi connectivity index (χ2v) is 6.83. The summed E-state index contributed by atoms with van der Waals surface area (Å²) in [4.78, 5) is 16.7. The molecule has 26 heavy (non-hydrogen) atoms. The molecule has 1 N–H and O–H groups in total. The second kappa shape index (κ2) is 7.27. The summed E-state index contributed by atoms with van der Waals surface area (Å²) >= 11 is 7.38. The van der Waals surface area contributed by atoms with Gasteiger partial charge in [-0.3, -0.25) is 4.79 Å². The highest BCUT2D eigenvalue weighted by atomic mass is 35.5. The molecule has 130 valence electrons. The molecule has 0 spiro atoms. The van der Waals surface area contributed by atoms with Crippen molar-refractivity contribution in [3.8, 4) is 0 Å². The number of hydrogen-bond acceptors (Lipinski definition) is 6. The lowest BCUT2D eigenvalue weighted by Gasteiger charge is -2.07. The van der Waals surface area contributed by atoms with E-state index in [1.807, 2.05) is 42.5 Å². The van der Waals surface area contributed by atoms with Crippen LogP contribution in [0.25, 0.3) is 16.6 Å². The Balaban J connectivity index is 1.48. The predicted molar refractivity (Wildman–Crippen MR) is 100 cm³/mol. The average molecular weight is 385 g/mol. The third kappa shape index (κ3) is 3.33. The standard InChI is InChI=1S/C17H13ClN6OS/c18-13-7-3-1-5-11(13)9-19-15(25)10-26-17-20-14-8-4-2-6-12(14)16-21-22-23-24(16)17/h1-8H,9-10H2,(H,19,25). The minimum atomic E-state index is -0.119. The van der Waals surface area contributed by atoms with Gasteiger partial charge in [0.05, 0.1) is 11.3 Å². The molecule has 2 aromatic heterocycles. The van der Waals surface area contributed by atoms with Crippen molar-refractivity contribution >= 4 is 45.8 Å². The highest BCUT2D eigenvalue weighted by Gasteiger charge is 2.13. The molecule has 9 heteroatoms. The van der Waals surface area contributed by atoms with Crippen LogP contribution in [0.5, 0.6) is 0 Å². The van der Waals surface area contributed by atoms with Gasteiger partial charge in [0.25, 0.3) is 0 Å². The fraction of sp³-hybridized carbons (Fsp3) is 0.118. The molecular weight excluding hydrogens is 372 g/mol. The molecule has 0 aliphatic carbocycles. The largest absolute Gasteiger partial charge is 0.351 e. The minimum absolute atomic E-state index is 0.119. The zero-order valence-corrected chi connectivity index (χ0v) is 15.0. The molecule has 2 heterocycles. The van der Waals surface area contributed by atoms with Gasteiger partial charge in [-0.05, 0) is 34.2 Å². The number of fused-ring (bicyclic) bond motifs is 3. The van der Waals surface area contributed by atoms with Crippen LogP contribution in [-0.4, -0.2) is 36.7 Å². The minimum Gasteiger partial charge on any atom is -0.351 e. The van der Waals surface area contributed by atoms with Crippen molar-refractivity contribution in [2.24, 2.45) is 0 Å². The maximum Gasteiger partial charge on any atom is 0.230 e. The summed E-state index contributed by atoms with van der Waals surface area (Å²) in [5.41, 5.74) is 2.28. The van der Waals surface area contributed by atoms with E-state index in [0.717, 1.165) is 16.5 Å². The molecule has 0 bridgehead atoms. The number of hydrogen-bond donors (Lipinski definition) is 1. The summed E-state index contributed by atoms with van der Waals surface area (Å²) in [6, 6.07) is 15.0. The number of para-hydroxylation sites is 1. The number of nitrogens with one attached hydrogen (secondary N) is 1. The summed E-state index contributed by atoms with van der Waals surface area (Å²) in [7, 11) is 0. The molecule has 0 radical (unpaired) electrons. The topological polar surface area (TPSA) is 85.1 Å². The van der Waals surface area contributed by atoms with Gasteiger partial charge in [-0.2, -0.15) is 4.52 Å². The second-order valence-electron chi connectivity index (χ2n) is 5.48. The number of amides is 1. The van der Waals surface area contributed by atoms with E-state index in [4.69, 9.17) is 11.6 Å². The summed E-state index contributed by atoms with van der Waals surface area (Å²) in [6.45, 7) is 0.379. The lowest BCUT2D eigenvalue weighted by atomic mass is 10.2. The number of thioether (sulfide) groups is 1. The first-order valence-corrected chi connectivity index (χ1v) is 9.18. The Bertz CT molecular complexity index is 1100. The number of tetrazole rings is 1. The quantitative estimate of drug-likeness (QED) is 0.420. The van der Waals surface area contributed by atoms with Crippen molar-refractivity contribution in [1.29, 1.82) is 0 Å². The summed E-state index contributed by atoms with van der Waals surface area (Å²) in [5.74, 6) is 0.0798. The first-order chi connectivity index (χ1) is 12.7. The van der Waals surface area contributed by atoms with E-state index in [1.165, 1.54) is 11.8 Å². The van der Waals surface area contributed by atoms with Crippen molar-refractivity contribution in [2.45, 2.75) is 11.7 Å². The van der Waals surface area contributed by atoms with E-state index in [2.05, 4.69) is 25.8 Å². The number of rotatable bonds is 5. The number of benzene rings is 2. The number of carbonyl (C=O) groups is 1. The molecule has 0 atom stereocenters. The van der Waals surface area contributed by atoms with Crippen LogP contribution in [0.2, 0.25) is 5.02 Å². The summed E-state index contributed by atoms with van der Waals surface area (Å²) < 4.78 is 1.55. The van der Waals surface area contributed by atoms with Gasteiger partial charge < -0.3 is 5.32 Å². The Kier molecular flexibility index (Phi) is 4.68. The Hall–Kier alpha value is -2.71. The van der Waals surface area contributed by atoms with E-state index in [9.17, 15) is 4.79 Å². The predicted octanol–water partition coefficient (Wildman–Crippen LogP) is 2.73. The van der Waals surface area contributed by atoms with E-state index >= 15 is 0 Å². The zero-order chi connectivity index (χ0) is 17.9. The van der Waals surface area contributed by atoms with Crippen molar-refractivity contribution in [3.63, 3.8) is 0 Å². The van der Waals surface area contributed by atoms with Crippen LogP contribution in [0.15, 0.2) is 53.7 Å². The molecule has 1 amide bonds. The van der Waals surface area contributed by atoms with Crippen LogP contribution < -0.4 is 5.32 Å². The van der Waals surface area contributed by atoms with Gasteiger partial charge in [-0.15, -0.1) is 5.10 Å². The van der Waals surface area contributed by atoms with Crippen LogP contribution in [-0.2, 0) is 11.3 Å². The Labute approximate surface area is 157 Å². The SMILES string of the molecule is O=C(CSc1nc2ccccc2c2nnnn12)NCc1ccccc1Cl. The highest BCUT2D eigenvalue weighted by Crippen LogP contribution is 2.22. The number of nitrogens with zero attached hydrogens (tertiary/aromatic N) is 5. The van der Waals surface area contributed by atoms with Gasteiger partial charge in [-0.25, -0.2) is 4.98 Å².